The summed E-state index contributed by atoms with van der Waals surface area (Å²) in [5, 5.41) is 12.4. The summed E-state index contributed by atoms with van der Waals surface area (Å²) in [4.78, 5) is 11.0. The molecule has 4 heteroatoms. The number of aliphatic carboxylic acids is 1. The predicted octanol–water partition coefficient (Wildman–Crippen LogP) is 1.80. The van der Waals surface area contributed by atoms with Gasteiger partial charge in [-0.05, 0) is 18.4 Å². The Hall–Kier alpha value is -1.39. The van der Waals surface area contributed by atoms with E-state index >= 15 is 0 Å². The second kappa shape index (κ2) is 5.98. The summed E-state index contributed by atoms with van der Waals surface area (Å²) < 4.78 is 5.45. The van der Waals surface area contributed by atoms with E-state index in [0.29, 0.717) is 13.2 Å². The fourth-order valence-corrected chi connectivity index (χ4v) is 2.37. The molecule has 1 unspecified atom stereocenters. The first-order chi connectivity index (χ1) is 8.70. The first kappa shape index (κ1) is 13.1. The Morgan fingerprint density at radius 1 is 1.39 bits per heavy atom. The van der Waals surface area contributed by atoms with Gasteiger partial charge in [-0.15, -0.1) is 0 Å². The van der Waals surface area contributed by atoms with E-state index in [1.165, 1.54) is 0 Å². The van der Waals surface area contributed by atoms with Crippen molar-refractivity contribution in [3.8, 4) is 0 Å². The number of nitrogens with one attached hydrogen (secondary N) is 1. The molecule has 0 aromatic heterocycles. The molecule has 0 saturated carbocycles. The van der Waals surface area contributed by atoms with Crippen LogP contribution in [0.5, 0.6) is 0 Å². The van der Waals surface area contributed by atoms with Gasteiger partial charge < -0.3 is 15.2 Å². The van der Waals surface area contributed by atoms with E-state index in [0.717, 1.165) is 25.0 Å². The third kappa shape index (κ3) is 3.55. The summed E-state index contributed by atoms with van der Waals surface area (Å²) in [6.45, 7) is 1.89. The first-order valence-corrected chi connectivity index (χ1v) is 6.29. The maximum Gasteiger partial charge on any atom is 0.305 e. The molecule has 1 atom stereocenters. The van der Waals surface area contributed by atoms with Crippen LogP contribution < -0.4 is 5.32 Å². The Balaban J connectivity index is 1.99. The molecule has 2 rings (SSSR count). The van der Waals surface area contributed by atoms with Crippen LogP contribution in [-0.4, -0.2) is 29.8 Å². The predicted molar refractivity (Wildman–Crippen MR) is 68.3 cm³/mol. The van der Waals surface area contributed by atoms with Crippen LogP contribution in [0, 0.1) is 0 Å². The number of carbonyl (C=O) groups is 1. The molecule has 1 aromatic rings. The Bertz CT molecular complexity index is 385. The van der Waals surface area contributed by atoms with E-state index < -0.39 is 11.5 Å². The minimum atomic E-state index is -0.777. The second-order valence-electron chi connectivity index (χ2n) is 4.85. The van der Waals surface area contributed by atoms with E-state index in [1.54, 1.807) is 0 Å². The highest BCUT2D eigenvalue weighted by atomic mass is 16.5. The van der Waals surface area contributed by atoms with Gasteiger partial charge in [0, 0.05) is 13.2 Å². The van der Waals surface area contributed by atoms with Gasteiger partial charge in [-0.2, -0.15) is 0 Å². The van der Waals surface area contributed by atoms with Gasteiger partial charge in [0.1, 0.15) is 0 Å². The highest BCUT2D eigenvalue weighted by Crippen LogP contribution is 2.23. The SMILES string of the molecule is O=C(O)CC1(NCc2ccccc2)CCCOC1. The van der Waals surface area contributed by atoms with Crippen molar-refractivity contribution < 1.29 is 14.6 Å². The number of ether oxygens (including phenoxy) is 1. The molecule has 0 aliphatic carbocycles. The zero-order valence-electron chi connectivity index (χ0n) is 10.4. The number of hydrogen-bond donors (Lipinski definition) is 2. The third-order valence-corrected chi connectivity index (χ3v) is 3.32. The highest BCUT2D eigenvalue weighted by Gasteiger charge is 2.34. The van der Waals surface area contributed by atoms with E-state index in [-0.39, 0.29) is 6.42 Å². The molecule has 4 nitrogen and oxygen atoms in total. The van der Waals surface area contributed by atoms with Crippen molar-refractivity contribution in [2.45, 2.75) is 31.3 Å². The molecule has 1 saturated heterocycles. The lowest BCUT2D eigenvalue weighted by Crippen LogP contribution is -2.52. The average Bonchev–Trinajstić information content (AvgIpc) is 2.38. The van der Waals surface area contributed by atoms with Crippen molar-refractivity contribution in [3.05, 3.63) is 35.9 Å². The van der Waals surface area contributed by atoms with Crippen LogP contribution in [0.1, 0.15) is 24.8 Å². The van der Waals surface area contributed by atoms with Gasteiger partial charge in [0.15, 0.2) is 0 Å². The zero-order chi connectivity index (χ0) is 12.8. The Morgan fingerprint density at radius 2 is 2.17 bits per heavy atom. The van der Waals surface area contributed by atoms with Gasteiger partial charge in [-0.3, -0.25) is 4.79 Å². The summed E-state index contributed by atoms with van der Waals surface area (Å²) in [7, 11) is 0. The lowest BCUT2D eigenvalue weighted by Gasteiger charge is -2.37. The molecule has 1 aliphatic heterocycles. The first-order valence-electron chi connectivity index (χ1n) is 6.29. The van der Waals surface area contributed by atoms with Gasteiger partial charge in [-0.1, -0.05) is 30.3 Å². The van der Waals surface area contributed by atoms with E-state index in [4.69, 9.17) is 9.84 Å². The minimum Gasteiger partial charge on any atom is -0.481 e. The van der Waals surface area contributed by atoms with Crippen molar-refractivity contribution in [2.24, 2.45) is 0 Å². The molecule has 0 amide bonds. The molecule has 2 N–H and O–H groups in total. The number of rotatable bonds is 5. The smallest absolute Gasteiger partial charge is 0.305 e. The number of hydrogen-bond acceptors (Lipinski definition) is 3. The standard InChI is InChI=1S/C14H19NO3/c16-13(17)9-14(7-4-8-18-11-14)15-10-12-5-2-1-3-6-12/h1-3,5-6,15H,4,7-11H2,(H,16,17). The van der Waals surface area contributed by atoms with Crippen molar-refractivity contribution in [1.29, 1.82) is 0 Å². The largest absolute Gasteiger partial charge is 0.481 e. The monoisotopic (exact) mass is 249 g/mol. The number of benzene rings is 1. The third-order valence-electron chi connectivity index (χ3n) is 3.32. The maximum absolute atomic E-state index is 11.0. The molecule has 1 aromatic carbocycles. The normalized spacial score (nSPS) is 23.8. The van der Waals surface area contributed by atoms with Gasteiger partial charge in [0.2, 0.25) is 0 Å². The molecule has 1 fully saturated rings. The Labute approximate surface area is 107 Å². The molecule has 0 spiro atoms. The fraction of sp³-hybridized carbons (Fsp3) is 0.500. The zero-order valence-corrected chi connectivity index (χ0v) is 10.4. The van der Waals surface area contributed by atoms with Gasteiger partial charge in [-0.25, -0.2) is 0 Å². The fourth-order valence-electron chi connectivity index (χ4n) is 2.37. The van der Waals surface area contributed by atoms with Gasteiger partial charge in [0.25, 0.3) is 0 Å². The van der Waals surface area contributed by atoms with Crippen molar-refractivity contribution in [2.75, 3.05) is 13.2 Å². The van der Waals surface area contributed by atoms with Crippen LogP contribution in [0.25, 0.3) is 0 Å². The molecule has 98 valence electrons. The van der Waals surface area contributed by atoms with Crippen molar-refractivity contribution in [3.63, 3.8) is 0 Å². The van der Waals surface area contributed by atoms with Gasteiger partial charge in [0.05, 0.1) is 18.6 Å². The molecular weight excluding hydrogens is 230 g/mol. The van der Waals surface area contributed by atoms with Crippen LogP contribution in [0.15, 0.2) is 30.3 Å². The van der Waals surface area contributed by atoms with Crippen molar-refractivity contribution in [1.82, 2.24) is 5.32 Å². The minimum absolute atomic E-state index is 0.111. The number of carboxylic acids is 1. The Kier molecular flexibility index (Phi) is 4.33. The van der Waals surface area contributed by atoms with Crippen LogP contribution in [0.3, 0.4) is 0 Å². The lowest BCUT2D eigenvalue weighted by molar-refractivity contribution is -0.140. The molecule has 1 aliphatic rings. The molecule has 0 radical (unpaired) electrons. The number of carboxylic acid groups (broad SMARTS) is 1. The molecular formula is C14H19NO3. The topological polar surface area (TPSA) is 58.6 Å². The van der Waals surface area contributed by atoms with Crippen LogP contribution in [0.2, 0.25) is 0 Å². The van der Waals surface area contributed by atoms with Gasteiger partial charge >= 0.3 is 5.97 Å². The molecule has 18 heavy (non-hydrogen) atoms. The van der Waals surface area contributed by atoms with E-state index in [2.05, 4.69) is 5.32 Å². The summed E-state index contributed by atoms with van der Waals surface area (Å²) >= 11 is 0. The van der Waals surface area contributed by atoms with E-state index in [9.17, 15) is 4.79 Å². The van der Waals surface area contributed by atoms with Crippen LogP contribution >= 0.6 is 0 Å². The summed E-state index contributed by atoms with van der Waals surface area (Å²) in [6, 6.07) is 10.0. The quantitative estimate of drug-likeness (QED) is 0.835. The van der Waals surface area contributed by atoms with E-state index in [1.807, 2.05) is 30.3 Å². The lowest BCUT2D eigenvalue weighted by atomic mass is 9.88. The summed E-state index contributed by atoms with van der Waals surface area (Å²) in [6.07, 6.45) is 1.88. The summed E-state index contributed by atoms with van der Waals surface area (Å²) in [5.41, 5.74) is 0.743. The maximum atomic E-state index is 11.0. The van der Waals surface area contributed by atoms with Crippen molar-refractivity contribution >= 4 is 5.97 Å². The van der Waals surface area contributed by atoms with Crippen LogP contribution in [-0.2, 0) is 16.1 Å². The molecule has 1 heterocycles. The van der Waals surface area contributed by atoms with Crippen LogP contribution in [0.4, 0.5) is 0 Å². The average molecular weight is 249 g/mol. The highest BCUT2D eigenvalue weighted by molar-refractivity contribution is 5.68. The summed E-state index contributed by atoms with van der Waals surface area (Å²) in [5.74, 6) is -0.777. The Morgan fingerprint density at radius 3 is 2.78 bits per heavy atom. The molecule has 0 bridgehead atoms. The second-order valence-corrected chi connectivity index (χ2v) is 4.85.